The molecule has 0 spiro atoms. The Balaban J connectivity index is 1.38. The fraction of sp³-hybridized carbons (Fsp3) is 0.828. The summed E-state index contributed by atoms with van der Waals surface area (Å²) in [7, 11) is 0. The van der Waals surface area contributed by atoms with E-state index in [9.17, 15) is 9.59 Å². The summed E-state index contributed by atoms with van der Waals surface area (Å²) in [6.07, 6.45) is 7.28. The summed E-state index contributed by atoms with van der Waals surface area (Å²) in [5.74, 6) is 3.70. The van der Waals surface area contributed by atoms with Crippen LogP contribution in [0.3, 0.4) is 0 Å². The van der Waals surface area contributed by atoms with Crippen LogP contribution in [-0.2, 0) is 22.6 Å². The Bertz CT molecular complexity index is 911. The first-order valence-corrected chi connectivity index (χ1v) is 14.5. The molecular formula is C29H49N5O2. The molecule has 1 aliphatic carbocycles. The molecule has 3 aliphatic rings. The van der Waals surface area contributed by atoms with Crippen LogP contribution in [0.2, 0.25) is 0 Å². The molecule has 1 aromatic heterocycles. The average molecular weight is 500 g/mol. The number of hydrogen-bond acceptors (Lipinski definition) is 4. The van der Waals surface area contributed by atoms with Crippen molar-refractivity contribution in [2.45, 2.75) is 105 Å². The molecule has 3 heterocycles. The van der Waals surface area contributed by atoms with Crippen molar-refractivity contribution in [3.63, 3.8) is 0 Å². The minimum Gasteiger partial charge on any atom is -0.341 e. The van der Waals surface area contributed by atoms with Crippen molar-refractivity contribution in [1.29, 1.82) is 0 Å². The Labute approximate surface area is 218 Å². The minimum atomic E-state index is -0.339. The molecule has 0 bridgehead atoms. The molecule has 0 radical (unpaired) electrons. The summed E-state index contributed by atoms with van der Waals surface area (Å²) < 4.78 is 2.47. The largest absolute Gasteiger partial charge is 0.341 e. The van der Waals surface area contributed by atoms with E-state index in [2.05, 4.69) is 51.4 Å². The van der Waals surface area contributed by atoms with Gasteiger partial charge < -0.3 is 19.7 Å². The summed E-state index contributed by atoms with van der Waals surface area (Å²) in [6, 6.07) is -0.508. The average Bonchev–Trinajstić information content (AvgIpc) is 3.61. The van der Waals surface area contributed by atoms with Gasteiger partial charge in [-0.3, -0.25) is 9.59 Å². The molecule has 7 heteroatoms. The SMILES string of the molecule is Cc1nc(CC2CCN(C(=O)C(CC(C)C)N3CCN[C@@H](CC(C)C)C3=O)CC2)n(CC2CC2)c1C. The maximum atomic E-state index is 13.8. The molecule has 2 atom stereocenters. The Morgan fingerprint density at radius 3 is 2.31 bits per heavy atom. The first-order chi connectivity index (χ1) is 17.1. The number of nitrogens with one attached hydrogen (secondary N) is 1. The van der Waals surface area contributed by atoms with Gasteiger partial charge in [-0.05, 0) is 76.0 Å². The van der Waals surface area contributed by atoms with Crippen molar-refractivity contribution in [3.05, 3.63) is 17.2 Å². The molecule has 7 nitrogen and oxygen atoms in total. The summed E-state index contributed by atoms with van der Waals surface area (Å²) in [5, 5.41) is 3.39. The van der Waals surface area contributed by atoms with Crippen LogP contribution >= 0.6 is 0 Å². The quantitative estimate of drug-likeness (QED) is 0.529. The molecule has 1 N–H and O–H groups in total. The van der Waals surface area contributed by atoms with E-state index in [0.29, 0.717) is 24.3 Å². The van der Waals surface area contributed by atoms with Crippen LogP contribution < -0.4 is 5.32 Å². The van der Waals surface area contributed by atoms with E-state index in [-0.39, 0.29) is 23.9 Å². The lowest BCUT2D eigenvalue weighted by atomic mass is 9.91. The second-order valence-electron chi connectivity index (χ2n) is 12.5. The summed E-state index contributed by atoms with van der Waals surface area (Å²) >= 11 is 0. The van der Waals surface area contributed by atoms with Crippen LogP contribution in [0.15, 0.2) is 0 Å². The maximum Gasteiger partial charge on any atom is 0.245 e. The van der Waals surface area contributed by atoms with Crippen LogP contribution in [-0.4, -0.2) is 69.4 Å². The number of aryl methyl sites for hydroxylation is 1. The van der Waals surface area contributed by atoms with Crippen molar-refractivity contribution in [1.82, 2.24) is 24.7 Å². The zero-order chi connectivity index (χ0) is 26.0. The molecule has 1 aromatic rings. The zero-order valence-corrected chi connectivity index (χ0v) is 23.6. The molecular weight excluding hydrogens is 450 g/mol. The maximum absolute atomic E-state index is 13.8. The number of amides is 2. The number of rotatable bonds is 10. The van der Waals surface area contributed by atoms with Gasteiger partial charge >= 0.3 is 0 Å². The van der Waals surface area contributed by atoms with Gasteiger partial charge in [0.25, 0.3) is 0 Å². The van der Waals surface area contributed by atoms with Gasteiger partial charge in [0.05, 0.1) is 11.7 Å². The Morgan fingerprint density at radius 2 is 1.69 bits per heavy atom. The van der Waals surface area contributed by atoms with Gasteiger partial charge in [-0.1, -0.05) is 27.7 Å². The van der Waals surface area contributed by atoms with E-state index in [1.807, 2.05) is 9.80 Å². The van der Waals surface area contributed by atoms with Crippen LogP contribution in [0.5, 0.6) is 0 Å². The molecule has 2 aliphatic heterocycles. The molecule has 1 unspecified atom stereocenters. The highest BCUT2D eigenvalue weighted by Crippen LogP contribution is 2.33. The van der Waals surface area contributed by atoms with Gasteiger partial charge in [0.2, 0.25) is 11.8 Å². The monoisotopic (exact) mass is 499 g/mol. The van der Waals surface area contributed by atoms with Gasteiger partial charge in [-0.2, -0.15) is 0 Å². The third kappa shape index (κ3) is 6.51. The van der Waals surface area contributed by atoms with Gasteiger partial charge in [-0.25, -0.2) is 4.98 Å². The van der Waals surface area contributed by atoms with Crippen LogP contribution in [0.1, 0.15) is 83.4 Å². The number of imidazole rings is 1. The third-order valence-electron chi connectivity index (χ3n) is 8.46. The molecule has 0 aromatic carbocycles. The number of hydrogen-bond donors (Lipinski definition) is 1. The van der Waals surface area contributed by atoms with E-state index in [1.165, 1.54) is 24.4 Å². The van der Waals surface area contributed by atoms with Crippen molar-refractivity contribution < 1.29 is 9.59 Å². The summed E-state index contributed by atoms with van der Waals surface area (Å²) in [5.41, 5.74) is 2.48. The molecule has 1 saturated carbocycles. The highest BCUT2D eigenvalue weighted by atomic mass is 16.2. The predicted molar refractivity (Wildman–Crippen MR) is 144 cm³/mol. The topological polar surface area (TPSA) is 70.5 Å². The van der Waals surface area contributed by atoms with Crippen molar-refractivity contribution >= 4 is 11.8 Å². The number of piperidine rings is 1. The smallest absolute Gasteiger partial charge is 0.245 e. The van der Waals surface area contributed by atoms with Crippen molar-refractivity contribution in [3.8, 4) is 0 Å². The molecule has 36 heavy (non-hydrogen) atoms. The Morgan fingerprint density at radius 1 is 1.00 bits per heavy atom. The standard InChI is InChI=1S/C29H49N5O2/c1-19(2)15-25-28(35)33(14-11-30-25)26(16-20(3)4)29(36)32-12-9-23(10-13-32)17-27-31-21(5)22(6)34(27)18-24-7-8-24/h19-20,23-26,30H,7-18H2,1-6H3/t25-,26?/m0/s1. The van der Waals surface area contributed by atoms with E-state index in [4.69, 9.17) is 4.98 Å². The van der Waals surface area contributed by atoms with Crippen LogP contribution in [0.25, 0.3) is 0 Å². The normalized spacial score (nSPS) is 22.7. The fourth-order valence-corrected chi connectivity index (χ4v) is 6.04. The zero-order valence-electron chi connectivity index (χ0n) is 23.6. The lowest BCUT2D eigenvalue weighted by molar-refractivity contribution is -0.150. The van der Waals surface area contributed by atoms with E-state index in [0.717, 1.165) is 69.9 Å². The number of carbonyl (C=O) groups excluding carboxylic acids is 2. The molecule has 3 fully saturated rings. The number of likely N-dealkylation sites (tertiary alicyclic amines) is 1. The fourth-order valence-electron chi connectivity index (χ4n) is 6.04. The lowest BCUT2D eigenvalue weighted by Crippen LogP contribution is -2.62. The van der Waals surface area contributed by atoms with Gasteiger partial charge in [0.1, 0.15) is 11.9 Å². The second kappa shape index (κ2) is 11.7. The van der Waals surface area contributed by atoms with E-state index < -0.39 is 0 Å². The van der Waals surface area contributed by atoms with Crippen LogP contribution in [0.4, 0.5) is 0 Å². The third-order valence-corrected chi connectivity index (χ3v) is 8.46. The summed E-state index contributed by atoms with van der Waals surface area (Å²) in [4.78, 5) is 36.0. The number of piperazine rings is 1. The van der Waals surface area contributed by atoms with Crippen molar-refractivity contribution in [2.24, 2.45) is 23.7 Å². The number of nitrogens with zero attached hydrogens (tertiary/aromatic N) is 4. The molecule has 2 amide bonds. The lowest BCUT2D eigenvalue weighted by Gasteiger charge is -2.42. The molecule has 2 saturated heterocycles. The van der Waals surface area contributed by atoms with Crippen molar-refractivity contribution in [2.75, 3.05) is 26.2 Å². The van der Waals surface area contributed by atoms with Gasteiger partial charge in [0.15, 0.2) is 0 Å². The predicted octanol–water partition coefficient (Wildman–Crippen LogP) is 3.95. The highest BCUT2D eigenvalue weighted by molar-refractivity contribution is 5.90. The second-order valence-corrected chi connectivity index (χ2v) is 12.5. The van der Waals surface area contributed by atoms with Gasteiger partial charge in [0, 0.05) is 44.8 Å². The number of aromatic nitrogens is 2. The Kier molecular flexibility index (Phi) is 8.79. The first-order valence-electron chi connectivity index (χ1n) is 14.5. The van der Waals surface area contributed by atoms with Gasteiger partial charge in [-0.15, -0.1) is 0 Å². The number of carbonyl (C=O) groups is 2. The van der Waals surface area contributed by atoms with E-state index >= 15 is 0 Å². The van der Waals surface area contributed by atoms with Crippen LogP contribution in [0, 0.1) is 37.5 Å². The Hall–Kier alpha value is -1.89. The van der Waals surface area contributed by atoms with E-state index in [1.54, 1.807) is 0 Å². The molecule has 4 rings (SSSR count). The molecule has 202 valence electrons. The first kappa shape index (κ1) is 27.2. The highest BCUT2D eigenvalue weighted by Gasteiger charge is 2.39. The summed E-state index contributed by atoms with van der Waals surface area (Å²) in [6.45, 7) is 17.0. The minimum absolute atomic E-state index is 0.108.